The summed E-state index contributed by atoms with van der Waals surface area (Å²) in [4.78, 5) is 13.7. The average Bonchev–Trinajstić information content (AvgIpc) is 3.03. The van der Waals surface area contributed by atoms with Crippen molar-refractivity contribution in [1.29, 1.82) is 0 Å². The summed E-state index contributed by atoms with van der Waals surface area (Å²) < 4.78 is 13.7. The molecule has 2 aromatic carbocycles. The molecular formula is C25H26ClFN4S2. The Labute approximate surface area is 207 Å². The first-order valence-corrected chi connectivity index (χ1v) is 13.5. The summed E-state index contributed by atoms with van der Waals surface area (Å²) >= 11 is 9.76. The molecule has 1 aliphatic carbocycles. The van der Waals surface area contributed by atoms with Crippen molar-refractivity contribution in [1.82, 2.24) is 4.90 Å². The number of nitrogens with zero attached hydrogens (tertiary/aromatic N) is 3. The maximum Gasteiger partial charge on any atom is 0.149 e. The molecule has 2 aliphatic heterocycles. The molecule has 0 aromatic heterocycles. The molecule has 5 rings (SSSR count). The Hall–Kier alpha value is -1.96. The summed E-state index contributed by atoms with van der Waals surface area (Å²) in [5.74, 6) is 1.15. The molecule has 2 aromatic rings. The molecular weight excluding hydrogens is 475 g/mol. The summed E-state index contributed by atoms with van der Waals surface area (Å²) in [7, 11) is 0. The number of hydrogen-bond donors (Lipinski definition) is 1. The van der Waals surface area contributed by atoms with Gasteiger partial charge in [0.2, 0.25) is 0 Å². The molecule has 1 unspecified atom stereocenters. The maximum absolute atomic E-state index is 13.7. The van der Waals surface area contributed by atoms with E-state index in [-0.39, 0.29) is 16.6 Å². The fourth-order valence-corrected chi connectivity index (χ4v) is 7.00. The third-order valence-corrected chi connectivity index (χ3v) is 9.24. The molecule has 4 nitrogen and oxygen atoms in total. The molecule has 2 heterocycles. The van der Waals surface area contributed by atoms with Crippen molar-refractivity contribution in [2.45, 2.75) is 40.8 Å². The highest BCUT2D eigenvalue weighted by Gasteiger charge is 2.40. The highest BCUT2D eigenvalue weighted by Crippen LogP contribution is 2.45. The predicted octanol–water partition coefficient (Wildman–Crippen LogP) is 5.78. The number of hydrogen-bond acceptors (Lipinski definition) is 6. The number of piperidine rings is 1. The van der Waals surface area contributed by atoms with Crippen LogP contribution in [0.15, 0.2) is 68.1 Å². The van der Waals surface area contributed by atoms with Crippen LogP contribution < -0.4 is 5.73 Å². The Balaban J connectivity index is 1.25. The number of likely N-dealkylation sites (tertiary alicyclic amines) is 1. The van der Waals surface area contributed by atoms with Gasteiger partial charge in [-0.15, -0.1) is 11.8 Å². The highest BCUT2D eigenvalue weighted by atomic mass is 35.5. The molecule has 172 valence electrons. The van der Waals surface area contributed by atoms with E-state index < -0.39 is 0 Å². The number of amidine groups is 1. The second kappa shape index (κ2) is 9.35. The first-order chi connectivity index (χ1) is 15.9. The van der Waals surface area contributed by atoms with Gasteiger partial charge in [-0.25, -0.2) is 9.38 Å². The third kappa shape index (κ3) is 4.81. The van der Waals surface area contributed by atoms with Gasteiger partial charge < -0.3 is 10.6 Å². The number of benzene rings is 2. The van der Waals surface area contributed by atoms with E-state index in [2.05, 4.69) is 9.89 Å². The van der Waals surface area contributed by atoms with Crippen LogP contribution in [0.25, 0.3) is 0 Å². The van der Waals surface area contributed by atoms with E-state index in [0.29, 0.717) is 5.82 Å². The lowest BCUT2D eigenvalue weighted by atomic mass is 9.76. The Kier molecular flexibility index (Phi) is 6.47. The van der Waals surface area contributed by atoms with Gasteiger partial charge in [0.25, 0.3) is 0 Å². The van der Waals surface area contributed by atoms with E-state index in [1.54, 1.807) is 35.7 Å². The van der Waals surface area contributed by atoms with Crippen LogP contribution in [0, 0.1) is 11.2 Å². The molecule has 8 heteroatoms. The second-order valence-electron chi connectivity index (χ2n) is 8.87. The molecule has 1 fully saturated rings. The standard InChI is InChI=1S/C25H26ClFN4S2/c1-32-19-3-2-4-20(24(19)26)33-23-12-21(28)30-22(15-29-23)31-9-7-25(8-10-31)13-16-5-6-18(27)11-17(16)14-25/h2-6,11-12,15,23H,7-10,13-14,28H2,1H3. The van der Waals surface area contributed by atoms with E-state index in [1.807, 2.05) is 42.8 Å². The number of rotatable bonds is 3. The summed E-state index contributed by atoms with van der Waals surface area (Å²) in [5.41, 5.74) is 8.94. The second-order valence-corrected chi connectivity index (χ2v) is 11.3. The number of fused-ring (bicyclic) bond motifs is 1. The third-order valence-electron chi connectivity index (χ3n) is 6.74. The Bertz CT molecular complexity index is 1160. The zero-order valence-corrected chi connectivity index (χ0v) is 20.8. The SMILES string of the molecule is CSc1cccc(SC2C=C(N)N=C(N3CCC4(CC3)Cc3ccc(F)cc3C4)C=N2)c1Cl. The van der Waals surface area contributed by atoms with Gasteiger partial charge in [-0.05, 0) is 78.8 Å². The van der Waals surface area contributed by atoms with Crippen LogP contribution in [0.2, 0.25) is 5.02 Å². The summed E-state index contributed by atoms with van der Waals surface area (Å²) in [6, 6.07) is 11.3. The predicted molar refractivity (Wildman–Crippen MR) is 138 cm³/mol. The van der Waals surface area contributed by atoms with Crippen LogP contribution in [-0.4, -0.2) is 41.7 Å². The highest BCUT2D eigenvalue weighted by molar-refractivity contribution is 8.00. The van der Waals surface area contributed by atoms with Gasteiger partial charge in [0.05, 0.1) is 11.2 Å². The van der Waals surface area contributed by atoms with Crippen LogP contribution in [0.3, 0.4) is 0 Å². The van der Waals surface area contributed by atoms with E-state index in [4.69, 9.17) is 22.3 Å². The zero-order chi connectivity index (χ0) is 23.0. The molecule has 0 bridgehead atoms. The van der Waals surface area contributed by atoms with Gasteiger partial charge in [-0.2, -0.15) is 0 Å². The lowest BCUT2D eigenvalue weighted by Crippen LogP contribution is -2.44. The smallest absolute Gasteiger partial charge is 0.149 e. The van der Waals surface area contributed by atoms with Crippen molar-refractivity contribution in [3.05, 3.63) is 70.3 Å². The zero-order valence-electron chi connectivity index (χ0n) is 18.4. The minimum Gasteiger partial charge on any atom is -0.384 e. The Morgan fingerprint density at radius 2 is 1.88 bits per heavy atom. The fourth-order valence-electron chi connectivity index (χ4n) is 4.98. The van der Waals surface area contributed by atoms with Gasteiger partial charge in [-0.1, -0.05) is 35.5 Å². The van der Waals surface area contributed by atoms with Crippen molar-refractivity contribution < 1.29 is 4.39 Å². The van der Waals surface area contributed by atoms with Crippen LogP contribution in [0.5, 0.6) is 0 Å². The summed E-state index contributed by atoms with van der Waals surface area (Å²) in [5, 5.41) is 0.567. The maximum atomic E-state index is 13.7. The van der Waals surface area contributed by atoms with E-state index in [1.165, 1.54) is 11.1 Å². The fraction of sp³-hybridized carbons (Fsp3) is 0.360. The monoisotopic (exact) mass is 500 g/mol. The van der Waals surface area contributed by atoms with Crippen LogP contribution in [0.1, 0.15) is 24.0 Å². The molecule has 0 radical (unpaired) electrons. The molecule has 0 amide bonds. The summed E-state index contributed by atoms with van der Waals surface area (Å²) in [6.07, 6.45) is 9.84. The number of nitrogens with two attached hydrogens (primary N) is 1. The number of halogens is 2. The van der Waals surface area contributed by atoms with Crippen molar-refractivity contribution in [2.24, 2.45) is 21.1 Å². The summed E-state index contributed by atoms with van der Waals surface area (Å²) in [6.45, 7) is 1.79. The molecule has 1 atom stereocenters. The minimum atomic E-state index is -0.184. The molecule has 2 N–H and O–H groups in total. The van der Waals surface area contributed by atoms with Crippen molar-refractivity contribution >= 4 is 47.2 Å². The van der Waals surface area contributed by atoms with Gasteiger partial charge in [0, 0.05) is 22.9 Å². The van der Waals surface area contributed by atoms with E-state index in [0.717, 1.165) is 59.4 Å². The number of aliphatic imine (C=N–C) groups is 2. The molecule has 3 aliphatic rings. The lowest BCUT2D eigenvalue weighted by molar-refractivity contribution is 0.159. The van der Waals surface area contributed by atoms with Crippen LogP contribution in [-0.2, 0) is 12.8 Å². The Morgan fingerprint density at radius 3 is 2.67 bits per heavy atom. The molecule has 0 saturated carbocycles. The van der Waals surface area contributed by atoms with Gasteiger partial charge in [-0.3, -0.25) is 4.99 Å². The normalized spacial score (nSPS) is 21.5. The topological polar surface area (TPSA) is 54.0 Å². The molecule has 1 spiro atoms. The largest absolute Gasteiger partial charge is 0.384 e. The van der Waals surface area contributed by atoms with E-state index in [9.17, 15) is 4.39 Å². The molecule has 33 heavy (non-hydrogen) atoms. The van der Waals surface area contributed by atoms with Gasteiger partial charge in [0.1, 0.15) is 22.8 Å². The quantitative estimate of drug-likeness (QED) is 0.542. The minimum absolute atomic E-state index is 0.136. The van der Waals surface area contributed by atoms with Gasteiger partial charge in [0.15, 0.2) is 0 Å². The van der Waals surface area contributed by atoms with Gasteiger partial charge >= 0.3 is 0 Å². The van der Waals surface area contributed by atoms with E-state index >= 15 is 0 Å². The van der Waals surface area contributed by atoms with Crippen molar-refractivity contribution in [3.63, 3.8) is 0 Å². The van der Waals surface area contributed by atoms with Crippen molar-refractivity contribution in [3.8, 4) is 0 Å². The molecule has 1 saturated heterocycles. The Morgan fingerprint density at radius 1 is 1.12 bits per heavy atom. The average molecular weight is 501 g/mol. The first kappa shape index (κ1) is 22.8. The first-order valence-electron chi connectivity index (χ1n) is 11.1. The van der Waals surface area contributed by atoms with Crippen molar-refractivity contribution in [2.75, 3.05) is 19.3 Å². The number of thioether (sulfide) groups is 2. The van der Waals surface area contributed by atoms with Crippen LogP contribution >= 0.6 is 35.1 Å². The van der Waals surface area contributed by atoms with Crippen LogP contribution in [0.4, 0.5) is 4.39 Å². The lowest BCUT2D eigenvalue weighted by Gasteiger charge is -2.40.